The molecule has 1 aromatic heterocycles. The number of hydrogen-bond acceptors (Lipinski definition) is 4. The maximum Gasteiger partial charge on any atom is 0.0771 e. The Morgan fingerprint density at radius 1 is 1.17 bits per heavy atom. The Kier molecular flexibility index (Phi) is 3.86. The predicted octanol–water partition coefficient (Wildman–Crippen LogP) is 1.54. The molecule has 4 nitrogen and oxygen atoms in total. The van der Waals surface area contributed by atoms with Crippen LogP contribution >= 0.6 is 0 Å². The summed E-state index contributed by atoms with van der Waals surface area (Å²) in [7, 11) is 0. The van der Waals surface area contributed by atoms with Gasteiger partial charge in [-0.3, -0.25) is 9.80 Å². The molecule has 4 heteroatoms. The molecule has 3 rings (SSSR count). The van der Waals surface area contributed by atoms with Gasteiger partial charge >= 0.3 is 0 Å². The largest absolute Gasteiger partial charge is 0.299 e. The van der Waals surface area contributed by atoms with Gasteiger partial charge in [-0.25, -0.2) is 0 Å². The minimum absolute atomic E-state index is 0.776. The van der Waals surface area contributed by atoms with Gasteiger partial charge in [-0.2, -0.15) is 10.2 Å². The Bertz CT molecular complexity index is 367. The van der Waals surface area contributed by atoms with Crippen molar-refractivity contribution in [3.8, 4) is 0 Å². The number of fused-ring (bicyclic) bond motifs is 1. The molecule has 2 saturated heterocycles. The van der Waals surface area contributed by atoms with Crippen LogP contribution in [0.3, 0.4) is 0 Å². The lowest BCUT2D eigenvalue weighted by Crippen LogP contribution is -2.43. The van der Waals surface area contributed by atoms with Crippen LogP contribution in [0, 0.1) is 0 Å². The molecule has 1 atom stereocenters. The lowest BCUT2D eigenvalue weighted by molar-refractivity contribution is 0.134. The van der Waals surface area contributed by atoms with Gasteiger partial charge in [0.15, 0.2) is 0 Å². The van der Waals surface area contributed by atoms with E-state index < -0.39 is 0 Å². The molecule has 0 aliphatic carbocycles. The average molecular weight is 246 g/mol. The van der Waals surface area contributed by atoms with Gasteiger partial charge < -0.3 is 0 Å². The number of nitrogens with zero attached hydrogens (tertiary/aromatic N) is 4. The summed E-state index contributed by atoms with van der Waals surface area (Å²) < 4.78 is 0. The number of rotatable bonds is 2. The van der Waals surface area contributed by atoms with Crippen molar-refractivity contribution in [1.29, 1.82) is 0 Å². The van der Waals surface area contributed by atoms with Gasteiger partial charge in [0.1, 0.15) is 0 Å². The van der Waals surface area contributed by atoms with Crippen molar-refractivity contribution < 1.29 is 0 Å². The molecule has 98 valence electrons. The Balaban J connectivity index is 1.63. The van der Waals surface area contributed by atoms with E-state index in [-0.39, 0.29) is 0 Å². The van der Waals surface area contributed by atoms with E-state index in [1.807, 2.05) is 6.07 Å². The second kappa shape index (κ2) is 5.76. The molecule has 0 saturated carbocycles. The second-order valence-electron chi connectivity index (χ2n) is 5.49. The van der Waals surface area contributed by atoms with Crippen molar-refractivity contribution in [1.82, 2.24) is 20.0 Å². The summed E-state index contributed by atoms with van der Waals surface area (Å²) in [5.41, 5.74) is 1.10. The third-order valence-electron chi connectivity index (χ3n) is 4.15. The molecule has 0 spiro atoms. The highest BCUT2D eigenvalue weighted by Crippen LogP contribution is 2.21. The van der Waals surface area contributed by atoms with Crippen LogP contribution in [0.1, 0.15) is 31.4 Å². The average Bonchev–Trinajstić information content (AvgIpc) is 2.61. The van der Waals surface area contributed by atoms with Crippen molar-refractivity contribution in [2.24, 2.45) is 0 Å². The first-order chi connectivity index (χ1) is 8.92. The minimum Gasteiger partial charge on any atom is -0.299 e. The molecule has 0 N–H and O–H groups in total. The number of piperidine rings is 1. The first kappa shape index (κ1) is 12.1. The first-order valence-electron chi connectivity index (χ1n) is 7.15. The van der Waals surface area contributed by atoms with Crippen molar-refractivity contribution in [2.75, 3.05) is 26.2 Å². The molecule has 3 heterocycles. The Morgan fingerprint density at radius 3 is 3.00 bits per heavy atom. The highest BCUT2D eigenvalue weighted by Gasteiger charge is 2.26. The molecule has 1 aromatic rings. The number of hydrogen-bond donors (Lipinski definition) is 0. The van der Waals surface area contributed by atoms with Crippen LogP contribution in [-0.2, 0) is 6.54 Å². The smallest absolute Gasteiger partial charge is 0.0771 e. The maximum absolute atomic E-state index is 4.20. The molecule has 18 heavy (non-hydrogen) atoms. The highest BCUT2D eigenvalue weighted by atomic mass is 15.3. The standard InChI is InChI=1S/C14H22N4/c1-2-9-18-10-4-8-17(12-14(18)6-1)11-13-5-3-7-15-16-13/h3,5,7,14H,1-2,4,6,8-12H2. The molecule has 0 aromatic carbocycles. The zero-order valence-electron chi connectivity index (χ0n) is 11.0. The molecule has 2 aliphatic heterocycles. The maximum atomic E-state index is 4.20. The fraction of sp³-hybridized carbons (Fsp3) is 0.714. The van der Waals surface area contributed by atoms with Gasteiger partial charge in [0.2, 0.25) is 0 Å². The summed E-state index contributed by atoms with van der Waals surface area (Å²) in [6.07, 6.45) is 7.20. The van der Waals surface area contributed by atoms with E-state index in [1.54, 1.807) is 6.20 Å². The zero-order chi connectivity index (χ0) is 12.2. The predicted molar refractivity (Wildman–Crippen MR) is 71.1 cm³/mol. The van der Waals surface area contributed by atoms with E-state index in [0.717, 1.165) is 18.3 Å². The van der Waals surface area contributed by atoms with Crippen molar-refractivity contribution in [3.05, 3.63) is 24.0 Å². The molecule has 1 unspecified atom stereocenters. The highest BCUT2D eigenvalue weighted by molar-refractivity contribution is 4.99. The lowest BCUT2D eigenvalue weighted by Gasteiger charge is -2.35. The fourth-order valence-corrected chi connectivity index (χ4v) is 3.24. The van der Waals surface area contributed by atoms with E-state index in [2.05, 4.69) is 26.1 Å². The molecule has 2 fully saturated rings. The van der Waals surface area contributed by atoms with Crippen molar-refractivity contribution in [3.63, 3.8) is 0 Å². The summed E-state index contributed by atoms with van der Waals surface area (Å²) in [6.45, 7) is 5.95. The van der Waals surface area contributed by atoms with Crippen LogP contribution in [-0.4, -0.2) is 52.2 Å². The SMILES string of the molecule is c1cnnc(CN2CCCN3CCCCC3C2)c1. The first-order valence-corrected chi connectivity index (χ1v) is 7.15. The quantitative estimate of drug-likeness (QED) is 0.792. The fourth-order valence-electron chi connectivity index (χ4n) is 3.24. The van der Waals surface area contributed by atoms with E-state index in [0.29, 0.717) is 0 Å². The molecular weight excluding hydrogens is 224 g/mol. The van der Waals surface area contributed by atoms with E-state index in [9.17, 15) is 0 Å². The zero-order valence-corrected chi connectivity index (χ0v) is 11.0. The molecule has 0 bridgehead atoms. The van der Waals surface area contributed by atoms with Gasteiger partial charge in [0.25, 0.3) is 0 Å². The van der Waals surface area contributed by atoms with E-state index >= 15 is 0 Å². The third kappa shape index (κ3) is 2.87. The van der Waals surface area contributed by atoms with Crippen LogP contribution < -0.4 is 0 Å². The van der Waals surface area contributed by atoms with Gasteiger partial charge in [-0.15, -0.1) is 0 Å². The summed E-state index contributed by atoms with van der Waals surface area (Å²) in [5, 5.41) is 8.17. The second-order valence-corrected chi connectivity index (χ2v) is 5.49. The Morgan fingerprint density at radius 2 is 2.11 bits per heavy atom. The summed E-state index contributed by atoms with van der Waals surface area (Å²) in [4.78, 5) is 5.25. The van der Waals surface area contributed by atoms with E-state index in [1.165, 1.54) is 51.9 Å². The van der Waals surface area contributed by atoms with Gasteiger partial charge in [0, 0.05) is 25.3 Å². The Labute approximate surface area is 109 Å². The van der Waals surface area contributed by atoms with Crippen LogP contribution in [0.5, 0.6) is 0 Å². The number of aromatic nitrogens is 2. The third-order valence-corrected chi connectivity index (χ3v) is 4.15. The van der Waals surface area contributed by atoms with Crippen LogP contribution in [0.2, 0.25) is 0 Å². The lowest BCUT2D eigenvalue weighted by atomic mass is 10.0. The van der Waals surface area contributed by atoms with Crippen molar-refractivity contribution >= 4 is 0 Å². The summed E-state index contributed by atoms with van der Waals surface area (Å²) in [5.74, 6) is 0. The summed E-state index contributed by atoms with van der Waals surface area (Å²) in [6, 6.07) is 4.83. The topological polar surface area (TPSA) is 32.3 Å². The minimum atomic E-state index is 0.776. The molecule has 0 amide bonds. The van der Waals surface area contributed by atoms with Crippen LogP contribution in [0.25, 0.3) is 0 Å². The molecule has 0 radical (unpaired) electrons. The molecule has 2 aliphatic rings. The van der Waals surface area contributed by atoms with Gasteiger partial charge in [0.05, 0.1) is 5.69 Å². The molecular formula is C14H22N4. The Hall–Kier alpha value is -1.00. The van der Waals surface area contributed by atoms with Crippen molar-refractivity contribution in [2.45, 2.75) is 38.3 Å². The van der Waals surface area contributed by atoms with E-state index in [4.69, 9.17) is 0 Å². The normalized spacial score (nSPS) is 26.6. The van der Waals surface area contributed by atoms with Crippen LogP contribution in [0.15, 0.2) is 18.3 Å². The van der Waals surface area contributed by atoms with Crippen LogP contribution in [0.4, 0.5) is 0 Å². The van der Waals surface area contributed by atoms with Gasteiger partial charge in [-0.05, 0) is 51.0 Å². The summed E-state index contributed by atoms with van der Waals surface area (Å²) >= 11 is 0. The monoisotopic (exact) mass is 246 g/mol. The van der Waals surface area contributed by atoms with Gasteiger partial charge in [-0.1, -0.05) is 6.42 Å².